The molecule has 0 aliphatic heterocycles. The van der Waals surface area contributed by atoms with Crippen molar-refractivity contribution in [3.8, 4) is 5.75 Å². The molecule has 0 aromatic heterocycles. The van der Waals surface area contributed by atoms with Crippen LogP contribution in [0.3, 0.4) is 0 Å². The number of nitrogens with zero attached hydrogens (tertiary/aromatic N) is 2. The lowest BCUT2D eigenvalue weighted by Crippen LogP contribution is -2.21. The van der Waals surface area contributed by atoms with Crippen molar-refractivity contribution < 1.29 is 19.2 Å². The van der Waals surface area contributed by atoms with E-state index in [4.69, 9.17) is 4.74 Å². The average molecular weight is 604 g/mol. The van der Waals surface area contributed by atoms with E-state index in [1.54, 1.807) is 12.1 Å². The van der Waals surface area contributed by atoms with Gasteiger partial charge in [-0.2, -0.15) is 5.10 Å². The maximum absolute atomic E-state index is 12.4. The number of aryl methyl sites for hydroxylation is 2. The van der Waals surface area contributed by atoms with Crippen LogP contribution in [0, 0.1) is 24.0 Å². The Hall–Kier alpha value is -3.57. The summed E-state index contributed by atoms with van der Waals surface area (Å²) in [5.41, 5.74) is 5.60. The minimum atomic E-state index is -0.585. The second-order valence-corrected chi connectivity index (χ2v) is 9.18. The smallest absolute Gasteiger partial charge is 0.271 e. The number of non-ortho nitro benzene ring substituents is 1. The van der Waals surface area contributed by atoms with Gasteiger partial charge < -0.3 is 10.1 Å². The molecule has 9 nitrogen and oxygen atoms in total. The Bertz CT molecular complexity index is 1300. The van der Waals surface area contributed by atoms with Crippen molar-refractivity contribution in [2.24, 2.45) is 5.10 Å². The number of benzene rings is 3. The normalized spacial score (nSPS) is 10.7. The Kier molecular flexibility index (Phi) is 8.72. The number of nitro groups is 1. The molecular formula is C24H20Br2N4O5. The zero-order valence-corrected chi connectivity index (χ0v) is 21.8. The SMILES string of the molecule is Cc1ccc(C)c(NC(=O)COc2c(Br)cc(/C=N/NC(=O)c3cccc([N+](=O)[O-])c3)cc2Br)c1. The largest absolute Gasteiger partial charge is 0.481 e. The molecule has 0 aliphatic carbocycles. The first-order valence-electron chi connectivity index (χ1n) is 10.2. The summed E-state index contributed by atoms with van der Waals surface area (Å²) in [5, 5.41) is 17.6. The van der Waals surface area contributed by atoms with Crippen LogP contribution in [0.5, 0.6) is 5.75 Å². The molecule has 0 spiro atoms. The van der Waals surface area contributed by atoms with E-state index >= 15 is 0 Å². The van der Waals surface area contributed by atoms with E-state index in [0.717, 1.165) is 16.8 Å². The van der Waals surface area contributed by atoms with Crippen LogP contribution in [-0.2, 0) is 4.79 Å². The number of nitro benzene ring substituents is 1. The zero-order valence-electron chi connectivity index (χ0n) is 18.7. The van der Waals surface area contributed by atoms with E-state index < -0.39 is 10.8 Å². The van der Waals surface area contributed by atoms with E-state index in [-0.39, 0.29) is 23.8 Å². The fourth-order valence-electron chi connectivity index (χ4n) is 2.98. The first kappa shape index (κ1) is 26.0. The molecule has 11 heteroatoms. The highest BCUT2D eigenvalue weighted by atomic mass is 79.9. The summed E-state index contributed by atoms with van der Waals surface area (Å²) in [5.74, 6) is -0.455. The van der Waals surface area contributed by atoms with Gasteiger partial charge in [0.25, 0.3) is 17.5 Å². The molecule has 3 rings (SSSR count). The van der Waals surface area contributed by atoms with Crippen molar-refractivity contribution in [1.29, 1.82) is 0 Å². The second-order valence-electron chi connectivity index (χ2n) is 7.48. The first-order chi connectivity index (χ1) is 16.6. The molecule has 0 saturated heterocycles. The molecule has 0 saturated carbocycles. The summed E-state index contributed by atoms with van der Waals surface area (Å²) >= 11 is 6.83. The molecule has 2 N–H and O–H groups in total. The molecule has 0 heterocycles. The minimum Gasteiger partial charge on any atom is -0.481 e. The standard InChI is InChI=1S/C24H20Br2N4O5/c1-14-6-7-15(2)21(8-14)28-22(31)13-35-23-19(25)9-16(10-20(23)26)12-27-29-24(32)17-4-3-5-18(11-17)30(33)34/h3-12H,13H2,1-2H3,(H,28,31)(H,29,32)/b27-12+. The van der Waals surface area contributed by atoms with Gasteiger partial charge in [-0.1, -0.05) is 18.2 Å². The van der Waals surface area contributed by atoms with Crippen molar-refractivity contribution >= 4 is 61.3 Å². The quantitative estimate of drug-likeness (QED) is 0.199. The maximum atomic E-state index is 12.4. The number of rotatable bonds is 8. The zero-order chi connectivity index (χ0) is 25.5. The number of hydrogen-bond donors (Lipinski definition) is 2. The summed E-state index contributed by atoms with van der Waals surface area (Å²) in [4.78, 5) is 34.8. The third-order valence-corrected chi connectivity index (χ3v) is 5.91. The molecule has 3 aromatic carbocycles. The van der Waals surface area contributed by atoms with Gasteiger partial charge in [-0.25, -0.2) is 5.43 Å². The molecule has 0 atom stereocenters. The Morgan fingerprint density at radius 3 is 2.49 bits per heavy atom. The highest BCUT2D eigenvalue weighted by Crippen LogP contribution is 2.34. The van der Waals surface area contributed by atoms with Crippen molar-refractivity contribution in [1.82, 2.24) is 5.43 Å². The van der Waals surface area contributed by atoms with Crippen LogP contribution in [0.4, 0.5) is 11.4 Å². The van der Waals surface area contributed by atoms with Crippen molar-refractivity contribution in [3.63, 3.8) is 0 Å². The maximum Gasteiger partial charge on any atom is 0.271 e. The Morgan fingerprint density at radius 1 is 1.09 bits per heavy atom. The summed E-state index contributed by atoms with van der Waals surface area (Å²) in [6, 6.07) is 14.5. The number of amides is 2. The molecule has 0 aliphatic rings. The molecule has 180 valence electrons. The number of carbonyl (C=O) groups excluding carboxylic acids is 2. The van der Waals surface area contributed by atoms with Gasteiger partial charge in [0.1, 0.15) is 5.75 Å². The summed E-state index contributed by atoms with van der Waals surface area (Å²) in [6.07, 6.45) is 1.40. The number of carbonyl (C=O) groups is 2. The van der Waals surface area contributed by atoms with Gasteiger partial charge in [0.15, 0.2) is 6.61 Å². The van der Waals surface area contributed by atoms with Crippen molar-refractivity contribution in [3.05, 3.63) is 95.9 Å². The van der Waals surface area contributed by atoms with E-state index in [2.05, 4.69) is 47.7 Å². The summed E-state index contributed by atoms with van der Waals surface area (Å²) < 4.78 is 6.82. The third-order valence-electron chi connectivity index (χ3n) is 4.73. The van der Waals surface area contributed by atoms with E-state index in [1.165, 1.54) is 30.5 Å². The summed E-state index contributed by atoms with van der Waals surface area (Å²) in [6.45, 7) is 3.66. The molecule has 35 heavy (non-hydrogen) atoms. The van der Waals surface area contributed by atoms with Crippen LogP contribution in [0.25, 0.3) is 0 Å². The van der Waals surface area contributed by atoms with Gasteiger partial charge in [0.2, 0.25) is 0 Å². The van der Waals surface area contributed by atoms with Gasteiger partial charge >= 0.3 is 0 Å². The number of ether oxygens (including phenoxy) is 1. The highest BCUT2D eigenvalue weighted by molar-refractivity contribution is 9.11. The lowest BCUT2D eigenvalue weighted by atomic mass is 10.1. The molecule has 3 aromatic rings. The molecule has 0 bridgehead atoms. The molecule has 2 amide bonds. The number of hydrazone groups is 1. The van der Waals surface area contributed by atoms with Gasteiger partial charge in [0, 0.05) is 23.4 Å². The Labute approximate surface area is 218 Å². The predicted molar refractivity (Wildman–Crippen MR) is 140 cm³/mol. The Balaban J connectivity index is 1.61. The Morgan fingerprint density at radius 2 is 1.80 bits per heavy atom. The monoisotopic (exact) mass is 602 g/mol. The van der Waals surface area contributed by atoms with Gasteiger partial charge in [-0.3, -0.25) is 19.7 Å². The molecular weight excluding hydrogens is 584 g/mol. The molecule has 0 fully saturated rings. The number of hydrogen-bond acceptors (Lipinski definition) is 6. The van der Waals surface area contributed by atoms with Crippen LogP contribution in [-0.4, -0.2) is 29.6 Å². The number of nitrogens with one attached hydrogen (secondary N) is 2. The van der Waals surface area contributed by atoms with Gasteiger partial charge in [-0.05, 0) is 86.7 Å². The predicted octanol–water partition coefficient (Wildman–Crippen LogP) is 5.52. The van der Waals surface area contributed by atoms with Crippen molar-refractivity contribution in [2.45, 2.75) is 13.8 Å². The molecule has 0 radical (unpaired) electrons. The lowest BCUT2D eigenvalue weighted by molar-refractivity contribution is -0.384. The average Bonchev–Trinajstić information content (AvgIpc) is 2.81. The first-order valence-corrected chi connectivity index (χ1v) is 11.8. The fraction of sp³-hybridized carbons (Fsp3) is 0.125. The topological polar surface area (TPSA) is 123 Å². The van der Waals surface area contributed by atoms with Crippen LogP contribution in [0.15, 0.2) is 68.6 Å². The summed E-state index contributed by atoms with van der Waals surface area (Å²) in [7, 11) is 0. The highest BCUT2D eigenvalue weighted by Gasteiger charge is 2.13. The van der Waals surface area contributed by atoms with Crippen LogP contribution >= 0.6 is 31.9 Å². The van der Waals surface area contributed by atoms with E-state index in [0.29, 0.717) is 20.3 Å². The second kappa shape index (κ2) is 11.7. The number of anilines is 1. The molecule has 0 unspecified atom stereocenters. The number of halogens is 2. The minimum absolute atomic E-state index is 0.113. The van der Waals surface area contributed by atoms with Crippen LogP contribution < -0.4 is 15.5 Å². The van der Waals surface area contributed by atoms with E-state index in [1.807, 2.05) is 32.0 Å². The van der Waals surface area contributed by atoms with Crippen molar-refractivity contribution in [2.75, 3.05) is 11.9 Å². The van der Waals surface area contributed by atoms with Gasteiger partial charge in [0.05, 0.1) is 20.1 Å². The van der Waals surface area contributed by atoms with E-state index in [9.17, 15) is 19.7 Å². The lowest BCUT2D eigenvalue weighted by Gasteiger charge is -2.13. The third kappa shape index (κ3) is 7.20. The van der Waals surface area contributed by atoms with Gasteiger partial charge in [-0.15, -0.1) is 0 Å². The van der Waals surface area contributed by atoms with Crippen LogP contribution in [0.2, 0.25) is 0 Å². The fourth-order valence-corrected chi connectivity index (χ4v) is 4.43. The van der Waals surface area contributed by atoms with Crippen LogP contribution in [0.1, 0.15) is 27.0 Å².